The number of methoxy groups -OCH3 is 1. The smallest absolute Gasteiger partial charge is 0.120 e. The summed E-state index contributed by atoms with van der Waals surface area (Å²) in [7, 11) is 1.63. The number of hydrogen-bond acceptors (Lipinski definition) is 2. The summed E-state index contributed by atoms with van der Waals surface area (Å²) in [6.45, 7) is 4.14. The van der Waals surface area contributed by atoms with Gasteiger partial charge < -0.3 is 9.84 Å². The van der Waals surface area contributed by atoms with Crippen LogP contribution in [0.25, 0.3) is 0 Å². The van der Waals surface area contributed by atoms with Crippen LogP contribution in [0.4, 0.5) is 0 Å². The van der Waals surface area contributed by atoms with Crippen LogP contribution >= 0.6 is 15.9 Å². The fourth-order valence-corrected chi connectivity index (χ4v) is 2.87. The molecule has 0 bridgehead atoms. The number of aliphatic hydroxyl groups is 1. The van der Waals surface area contributed by atoms with Gasteiger partial charge >= 0.3 is 0 Å². The Labute approximate surface area is 128 Å². The predicted molar refractivity (Wildman–Crippen MR) is 85.3 cm³/mol. The van der Waals surface area contributed by atoms with E-state index >= 15 is 0 Å². The summed E-state index contributed by atoms with van der Waals surface area (Å²) in [5.74, 6) is 0.777. The van der Waals surface area contributed by atoms with Crippen LogP contribution in [0.15, 0.2) is 40.9 Å². The van der Waals surface area contributed by atoms with Crippen LogP contribution in [0.2, 0.25) is 0 Å². The van der Waals surface area contributed by atoms with Gasteiger partial charge in [0, 0.05) is 10.9 Å². The Hall–Kier alpha value is -1.32. The lowest BCUT2D eigenvalue weighted by molar-refractivity contribution is 0.177. The summed E-state index contributed by atoms with van der Waals surface area (Å²) in [6, 6.07) is 12.0. The SMILES string of the molecule is COc1ccc(C(O)Cc2cc(C)ccc2C)c(Br)c1. The number of ether oxygens (including phenoxy) is 1. The number of halogens is 1. The van der Waals surface area contributed by atoms with Crippen LogP contribution < -0.4 is 4.74 Å². The van der Waals surface area contributed by atoms with Gasteiger partial charge in [0.2, 0.25) is 0 Å². The summed E-state index contributed by atoms with van der Waals surface area (Å²) >= 11 is 3.49. The van der Waals surface area contributed by atoms with Crippen molar-refractivity contribution in [1.82, 2.24) is 0 Å². The Morgan fingerprint density at radius 3 is 2.55 bits per heavy atom. The molecule has 0 aliphatic heterocycles. The molecule has 0 aromatic heterocycles. The van der Waals surface area contributed by atoms with Gasteiger partial charge in [-0.1, -0.05) is 45.8 Å². The topological polar surface area (TPSA) is 29.5 Å². The molecule has 0 saturated heterocycles. The second-order valence-corrected chi connectivity index (χ2v) is 5.89. The van der Waals surface area contributed by atoms with Crippen molar-refractivity contribution in [2.24, 2.45) is 0 Å². The summed E-state index contributed by atoms with van der Waals surface area (Å²) in [5, 5.41) is 10.5. The zero-order valence-electron chi connectivity index (χ0n) is 12.0. The summed E-state index contributed by atoms with van der Waals surface area (Å²) < 4.78 is 6.04. The minimum atomic E-state index is -0.532. The first-order valence-electron chi connectivity index (χ1n) is 6.59. The predicted octanol–water partition coefficient (Wildman–Crippen LogP) is 4.35. The van der Waals surface area contributed by atoms with Gasteiger partial charge in [-0.2, -0.15) is 0 Å². The molecule has 3 heteroatoms. The maximum Gasteiger partial charge on any atom is 0.120 e. The molecule has 0 fully saturated rings. The van der Waals surface area contributed by atoms with E-state index in [0.29, 0.717) is 6.42 Å². The van der Waals surface area contributed by atoms with Crippen molar-refractivity contribution in [3.63, 3.8) is 0 Å². The Bertz CT molecular complexity index is 608. The normalized spacial score (nSPS) is 12.2. The average Bonchev–Trinajstić information content (AvgIpc) is 2.42. The maximum atomic E-state index is 10.5. The van der Waals surface area contributed by atoms with Crippen molar-refractivity contribution in [3.8, 4) is 5.75 Å². The highest BCUT2D eigenvalue weighted by Gasteiger charge is 2.14. The summed E-state index contributed by atoms with van der Waals surface area (Å²) in [4.78, 5) is 0. The van der Waals surface area contributed by atoms with E-state index in [0.717, 1.165) is 15.8 Å². The first-order chi connectivity index (χ1) is 9.51. The highest BCUT2D eigenvalue weighted by atomic mass is 79.9. The number of hydrogen-bond donors (Lipinski definition) is 1. The molecule has 1 atom stereocenters. The van der Waals surface area contributed by atoms with Crippen LogP contribution in [-0.4, -0.2) is 12.2 Å². The molecule has 0 radical (unpaired) electrons. The number of benzene rings is 2. The Kier molecular flexibility index (Phi) is 4.84. The third-order valence-corrected chi connectivity index (χ3v) is 4.17. The van der Waals surface area contributed by atoms with E-state index in [4.69, 9.17) is 4.74 Å². The lowest BCUT2D eigenvalue weighted by Crippen LogP contribution is -2.04. The molecule has 2 aromatic carbocycles. The largest absolute Gasteiger partial charge is 0.497 e. The first-order valence-corrected chi connectivity index (χ1v) is 7.38. The minimum Gasteiger partial charge on any atom is -0.497 e. The van der Waals surface area contributed by atoms with Crippen LogP contribution in [0, 0.1) is 13.8 Å². The monoisotopic (exact) mass is 334 g/mol. The van der Waals surface area contributed by atoms with Crippen molar-refractivity contribution >= 4 is 15.9 Å². The van der Waals surface area contributed by atoms with Gasteiger partial charge in [0.1, 0.15) is 5.75 Å². The van der Waals surface area contributed by atoms with E-state index in [2.05, 4.69) is 48.0 Å². The average molecular weight is 335 g/mol. The number of aliphatic hydroxyl groups excluding tert-OH is 1. The van der Waals surface area contributed by atoms with E-state index < -0.39 is 6.10 Å². The second-order valence-electron chi connectivity index (χ2n) is 5.04. The van der Waals surface area contributed by atoms with Crippen LogP contribution in [0.5, 0.6) is 5.75 Å². The van der Waals surface area contributed by atoms with Crippen molar-refractivity contribution in [1.29, 1.82) is 0 Å². The van der Waals surface area contributed by atoms with Crippen LogP contribution in [0.1, 0.15) is 28.4 Å². The van der Waals surface area contributed by atoms with Crippen molar-refractivity contribution < 1.29 is 9.84 Å². The minimum absolute atomic E-state index is 0.532. The Morgan fingerprint density at radius 2 is 1.90 bits per heavy atom. The molecule has 0 aliphatic rings. The van der Waals surface area contributed by atoms with Gasteiger partial charge in [0.15, 0.2) is 0 Å². The lowest BCUT2D eigenvalue weighted by Gasteiger charge is -2.15. The molecule has 2 nitrogen and oxygen atoms in total. The third-order valence-electron chi connectivity index (χ3n) is 3.48. The number of rotatable bonds is 4. The Balaban J connectivity index is 2.23. The van der Waals surface area contributed by atoms with E-state index in [1.165, 1.54) is 16.7 Å². The molecule has 1 N–H and O–H groups in total. The molecule has 1 unspecified atom stereocenters. The molecule has 2 aromatic rings. The zero-order chi connectivity index (χ0) is 14.7. The van der Waals surface area contributed by atoms with Crippen molar-refractivity contribution in [2.75, 3.05) is 7.11 Å². The first kappa shape index (κ1) is 15.1. The van der Waals surface area contributed by atoms with Gasteiger partial charge in [-0.05, 0) is 42.7 Å². The number of aryl methyl sites for hydroxylation is 2. The zero-order valence-corrected chi connectivity index (χ0v) is 13.6. The van der Waals surface area contributed by atoms with E-state index in [1.807, 2.05) is 18.2 Å². The molecule has 0 saturated carbocycles. The molecule has 20 heavy (non-hydrogen) atoms. The molecule has 0 spiro atoms. The van der Waals surface area contributed by atoms with Gasteiger partial charge in [-0.15, -0.1) is 0 Å². The highest BCUT2D eigenvalue weighted by Crippen LogP contribution is 2.30. The summed E-state index contributed by atoms with van der Waals surface area (Å²) in [5.41, 5.74) is 4.48. The van der Waals surface area contributed by atoms with E-state index in [-0.39, 0.29) is 0 Å². The Morgan fingerprint density at radius 1 is 1.15 bits per heavy atom. The van der Waals surface area contributed by atoms with Crippen LogP contribution in [0.3, 0.4) is 0 Å². The van der Waals surface area contributed by atoms with E-state index in [1.54, 1.807) is 7.11 Å². The third kappa shape index (κ3) is 3.41. The van der Waals surface area contributed by atoms with Gasteiger partial charge in [-0.3, -0.25) is 0 Å². The molecular formula is C17H19BrO2. The molecule has 0 aliphatic carbocycles. The molecular weight excluding hydrogens is 316 g/mol. The molecule has 0 amide bonds. The molecule has 0 heterocycles. The highest BCUT2D eigenvalue weighted by molar-refractivity contribution is 9.10. The fraction of sp³-hybridized carbons (Fsp3) is 0.294. The van der Waals surface area contributed by atoms with Gasteiger partial charge in [0.05, 0.1) is 13.2 Å². The standard InChI is InChI=1S/C17H19BrO2/c1-11-4-5-12(2)13(8-11)9-17(19)15-7-6-14(20-3)10-16(15)18/h4-8,10,17,19H,9H2,1-3H3. The van der Waals surface area contributed by atoms with E-state index in [9.17, 15) is 5.11 Å². The van der Waals surface area contributed by atoms with Crippen LogP contribution in [-0.2, 0) is 6.42 Å². The second kappa shape index (κ2) is 6.42. The van der Waals surface area contributed by atoms with Crippen molar-refractivity contribution in [2.45, 2.75) is 26.4 Å². The lowest BCUT2D eigenvalue weighted by atomic mass is 9.97. The quantitative estimate of drug-likeness (QED) is 0.900. The maximum absolute atomic E-state index is 10.5. The fourth-order valence-electron chi connectivity index (χ4n) is 2.24. The van der Waals surface area contributed by atoms with Gasteiger partial charge in [0.25, 0.3) is 0 Å². The van der Waals surface area contributed by atoms with Gasteiger partial charge in [-0.25, -0.2) is 0 Å². The van der Waals surface area contributed by atoms with Crippen molar-refractivity contribution in [3.05, 3.63) is 63.1 Å². The molecule has 106 valence electrons. The summed E-state index contributed by atoms with van der Waals surface area (Å²) in [6.07, 6.45) is 0.0779. The molecule has 2 rings (SSSR count).